The van der Waals surface area contributed by atoms with Crippen LogP contribution >= 0.6 is 12.0 Å². The number of benzene rings is 2. The summed E-state index contributed by atoms with van der Waals surface area (Å²) in [6, 6.07) is 12.9. The molecule has 2 aromatic carbocycles. The van der Waals surface area contributed by atoms with Crippen LogP contribution in [0.3, 0.4) is 0 Å². The molecule has 8 nitrogen and oxygen atoms in total. The van der Waals surface area contributed by atoms with Gasteiger partial charge in [0.15, 0.2) is 5.71 Å². The molecule has 2 aliphatic heterocycles. The van der Waals surface area contributed by atoms with Crippen molar-refractivity contribution in [2.45, 2.75) is 103 Å². The number of carbonyl (C=O) groups excluding carboxylic acids is 1. The van der Waals surface area contributed by atoms with Gasteiger partial charge in [0.05, 0.1) is 23.2 Å². The number of aryl methyl sites for hydroxylation is 1. The minimum Gasteiger partial charge on any atom is -0.443 e. The maximum absolute atomic E-state index is 13.5. The van der Waals surface area contributed by atoms with Gasteiger partial charge in [-0.3, -0.25) is 4.90 Å². The number of amides is 1. The zero-order valence-corrected chi connectivity index (χ0v) is 31.7. The zero-order chi connectivity index (χ0) is 35.9. The molecule has 1 amide bonds. The van der Waals surface area contributed by atoms with E-state index in [1.54, 1.807) is 4.90 Å². The molecule has 262 valence electrons. The Morgan fingerprint density at radius 1 is 1.02 bits per heavy atom. The van der Waals surface area contributed by atoms with E-state index in [0.717, 1.165) is 76.7 Å². The Kier molecular flexibility index (Phi) is 10.4. The molecule has 49 heavy (non-hydrogen) atoms. The Labute approximate surface area is 296 Å². The van der Waals surface area contributed by atoms with Crippen molar-refractivity contribution >= 4 is 35.2 Å². The predicted octanol–water partition coefficient (Wildman–Crippen LogP) is 9.92. The molecule has 0 spiro atoms. The fourth-order valence-corrected chi connectivity index (χ4v) is 7.88. The van der Waals surface area contributed by atoms with Gasteiger partial charge in [-0.15, -0.1) is 4.33 Å². The van der Waals surface area contributed by atoms with Crippen molar-refractivity contribution in [1.82, 2.24) is 4.90 Å². The first kappa shape index (κ1) is 36.6. The third-order valence-electron chi connectivity index (χ3n) is 9.86. The van der Waals surface area contributed by atoms with E-state index in [4.69, 9.17) is 14.3 Å². The molecular formula is C40H52N3O5S+. The Balaban J connectivity index is 1.57. The minimum absolute atomic E-state index is 0.157. The van der Waals surface area contributed by atoms with Crippen LogP contribution in [0.1, 0.15) is 91.8 Å². The molecule has 1 aliphatic carbocycles. The molecule has 0 radical (unpaired) electrons. The first-order valence-corrected chi connectivity index (χ1v) is 17.9. The second-order valence-electron chi connectivity index (χ2n) is 15.0. The molecule has 0 fully saturated rings. The van der Waals surface area contributed by atoms with E-state index in [1.807, 2.05) is 33.9 Å². The summed E-state index contributed by atoms with van der Waals surface area (Å²) in [6.45, 7) is 22.9. The van der Waals surface area contributed by atoms with E-state index in [1.165, 1.54) is 22.5 Å². The number of fused-ring (bicyclic) bond motifs is 2. The molecule has 0 aromatic heterocycles. The molecule has 0 bridgehead atoms. The first-order valence-electron chi connectivity index (χ1n) is 17.2. The zero-order valence-electron chi connectivity index (χ0n) is 30.9. The Hall–Kier alpha value is -3.63. The normalized spacial score (nSPS) is 19.9. The van der Waals surface area contributed by atoms with Crippen LogP contribution in [0.25, 0.3) is 0 Å². The van der Waals surface area contributed by atoms with Gasteiger partial charge in [0.25, 0.3) is 0 Å². The third-order valence-corrected chi connectivity index (χ3v) is 10.4. The summed E-state index contributed by atoms with van der Waals surface area (Å²) in [5.41, 5.74) is 10.6. The minimum atomic E-state index is -0.617. The van der Waals surface area contributed by atoms with Crippen LogP contribution in [0, 0.1) is 6.92 Å². The first-order chi connectivity index (χ1) is 23.0. The average molecular weight is 687 g/mol. The summed E-state index contributed by atoms with van der Waals surface area (Å²) >= 11 is 0.964. The molecule has 2 aromatic rings. The van der Waals surface area contributed by atoms with Crippen LogP contribution in [0.2, 0.25) is 0 Å². The van der Waals surface area contributed by atoms with Crippen LogP contribution in [-0.4, -0.2) is 52.3 Å². The van der Waals surface area contributed by atoms with E-state index in [-0.39, 0.29) is 16.9 Å². The molecule has 0 saturated heterocycles. The quantitative estimate of drug-likeness (QED) is 0.122. The van der Waals surface area contributed by atoms with E-state index < -0.39 is 5.60 Å². The number of rotatable bonds is 9. The summed E-state index contributed by atoms with van der Waals surface area (Å²) in [7, 11) is 1.82. The highest BCUT2D eigenvalue weighted by atomic mass is 32.2. The summed E-state index contributed by atoms with van der Waals surface area (Å²) < 4.78 is 12.9. The molecule has 3 aliphatic rings. The number of carbonyl (C=O) groups is 1. The maximum Gasteiger partial charge on any atom is 0.414 e. The molecular weight excluding hydrogens is 635 g/mol. The molecule has 0 saturated carbocycles. The van der Waals surface area contributed by atoms with Gasteiger partial charge in [0.1, 0.15) is 12.1 Å². The van der Waals surface area contributed by atoms with Gasteiger partial charge in [-0.25, -0.2) is 10.1 Å². The van der Waals surface area contributed by atoms with Crippen molar-refractivity contribution in [2.75, 3.05) is 25.0 Å². The van der Waals surface area contributed by atoms with E-state index in [2.05, 4.69) is 118 Å². The standard InChI is InChI=1S/C40H51N3O5S/c1-12-42-32-20-14-26(3)24-30(32)39(7,8)34(42)22-17-27-15-16-28(36(27)41(11)37(44)46-38(4,5)6)18-23-35-40(9,10)31-25-29(49-48-47-45)19-21-33(31)43(35)13-2/h14,17-25H,12-13,15-16H2,1-11H3/p+1. The monoisotopic (exact) mass is 686 g/mol. The van der Waals surface area contributed by atoms with E-state index in [9.17, 15) is 4.79 Å². The molecule has 9 heteroatoms. The molecule has 2 heterocycles. The fourth-order valence-electron chi connectivity index (χ4n) is 7.48. The highest BCUT2D eigenvalue weighted by Crippen LogP contribution is 2.48. The van der Waals surface area contributed by atoms with Crippen LogP contribution in [0.4, 0.5) is 16.2 Å². The number of allylic oxidation sites excluding steroid dienone is 7. The molecule has 5 rings (SSSR count). The summed E-state index contributed by atoms with van der Waals surface area (Å²) in [5, 5.41) is 12.5. The van der Waals surface area contributed by atoms with Gasteiger partial charge >= 0.3 is 6.09 Å². The Bertz CT molecular complexity index is 1790. The number of nitrogens with zero attached hydrogens (tertiary/aromatic N) is 3. The lowest BCUT2D eigenvalue weighted by Gasteiger charge is -2.27. The van der Waals surface area contributed by atoms with Gasteiger partial charge in [0, 0.05) is 53.0 Å². The highest BCUT2D eigenvalue weighted by Gasteiger charge is 2.44. The second-order valence-corrected chi connectivity index (χ2v) is 15.8. The SMILES string of the molecule is CCN1/C(=C/C=C2CCC(/C=C/C3=[N+](CC)c4ccc(SOOO)cc4C3(C)C)=C2N(C)C(=O)OC(C)(C)C)C(C)(C)c2cc(C)ccc21. The van der Waals surface area contributed by atoms with Gasteiger partial charge in [-0.2, -0.15) is 4.58 Å². The Morgan fingerprint density at radius 3 is 2.41 bits per heavy atom. The number of hydrogen-bond donors (Lipinski definition) is 1. The number of anilines is 1. The smallest absolute Gasteiger partial charge is 0.414 e. The topological polar surface area (TPSA) is 74.5 Å². The molecule has 1 N–H and O–H groups in total. The summed E-state index contributed by atoms with van der Waals surface area (Å²) in [5.74, 6) is 0. The lowest BCUT2D eigenvalue weighted by atomic mass is 9.81. The number of hydrogen-bond acceptors (Lipinski definition) is 7. The summed E-state index contributed by atoms with van der Waals surface area (Å²) in [6.07, 6.45) is 10.1. The second kappa shape index (κ2) is 13.9. The lowest BCUT2D eigenvalue weighted by molar-refractivity contribution is -0.433. The van der Waals surface area contributed by atoms with E-state index in [0.29, 0.717) is 0 Å². The van der Waals surface area contributed by atoms with Crippen molar-refractivity contribution in [3.63, 3.8) is 0 Å². The van der Waals surface area contributed by atoms with Crippen molar-refractivity contribution in [3.8, 4) is 0 Å². The van der Waals surface area contributed by atoms with Crippen LogP contribution in [-0.2, 0) is 24.9 Å². The molecule has 0 unspecified atom stereocenters. The van der Waals surface area contributed by atoms with Crippen LogP contribution in [0.15, 0.2) is 88.1 Å². The van der Waals surface area contributed by atoms with Gasteiger partial charge in [-0.05, 0) is 109 Å². The van der Waals surface area contributed by atoms with E-state index >= 15 is 0 Å². The Morgan fingerprint density at radius 2 is 1.76 bits per heavy atom. The largest absolute Gasteiger partial charge is 0.443 e. The van der Waals surface area contributed by atoms with Gasteiger partial charge in [-0.1, -0.05) is 48.7 Å². The number of likely N-dealkylation sites (N-methyl/N-ethyl adjacent to an activating group) is 2. The van der Waals surface area contributed by atoms with Crippen LogP contribution < -0.4 is 4.90 Å². The van der Waals surface area contributed by atoms with Crippen LogP contribution in [0.5, 0.6) is 0 Å². The summed E-state index contributed by atoms with van der Waals surface area (Å²) in [4.78, 5) is 18.5. The molecule has 0 atom stereocenters. The maximum atomic E-state index is 13.5. The lowest BCUT2D eigenvalue weighted by Crippen LogP contribution is -2.34. The van der Waals surface area contributed by atoms with Crippen molar-refractivity contribution in [2.24, 2.45) is 0 Å². The van der Waals surface area contributed by atoms with Crippen molar-refractivity contribution in [3.05, 3.63) is 99.9 Å². The third kappa shape index (κ3) is 7.04. The van der Waals surface area contributed by atoms with Gasteiger partial charge < -0.3 is 9.64 Å². The van der Waals surface area contributed by atoms with Gasteiger partial charge in [0.2, 0.25) is 5.69 Å². The van der Waals surface area contributed by atoms with Crippen molar-refractivity contribution in [1.29, 1.82) is 0 Å². The fraction of sp³-hybridized carbons (Fsp3) is 0.450. The highest BCUT2D eigenvalue weighted by molar-refractivity contribution is 7.94. The average Bonchev–Trinajstić information content (AvgIpc) is 3.61. The predicted molar refractivity (Wildman–Crippen MR) is 198 cm³/mol. The number of ether oxygens (including phenoxy) is 1. The van der Waals surface area contributed by atoms with Crippen molar-refractivity contribution < 1.29 is 28.7 Å².